The van der Waals surface area contributed by atoms with Crippen LogP contribution in [0.25, 0.3) is 5.69 Å². The minimum atomic E-state index is 0.336. The van der Waals surface area contributed by atoms with E-state index in [4.69, 9.17) is 32.7 Å². The van der Waals surface area contributed by atoms with Crippen LogP contribution in [0.4, 0.5) is 0 Å². The molecule has 0 saturated heterocycles. The monoisotopic (exact) mass is 593 g/mol. The van der Waals surface area contributed by atoms with Crippen molar-refractivity contribution >= 4 is 50.9 Å². The summed E-state index contributed by atoms with van der Waals surface area (Å²) in [5, 5.41) is 17.2. The lowest BCUT2D eigenvalue weighted by Crippen LogP contribution is -2.17. The van der Waals surface area contributed by atoms with E-state index in [1.807, 2.05) is 48.5 Å². The third kappa shape index (κ3) is 6.89. The van der Waals surface area contributed by atoms with Gasteiger partial charge in [0.1, 0.15) is 6.61 Å². The highest BCUT2D eigenvalue weighted by atomic mass is 79.9. The van der Waals surface area contributed by atoms with Crippen LogP contribution in [0.5, 0.6) is 11.5 Å². The van der Waals surface area contributed by atoms with E-state index in [-0.39, 0.29) is 0 Å². The number of halogens is 3. The van der Waals surface area contributed by atoms with Crippen LogP contribution in [0.2, 0.25) is 10.0 Å². The van der Waals surface area contributed by atoms with Crippen molar-refractivity contribution in [1.82, 2.24) is 25.5 Å². The van der Waals surface area contributed by atoms with Gasteiger partial charge in [0.15, 0.2) is 11.5 Å². The molecule has 4 aromatic rings. The maximum absolute atomic E-state index is 6.10. The zero-order valence-corrected chi connectivity index (χ0v) is 22.7. The number of para-hydroxylation sites is 1. The van der Waals surface area contributed by atoms with Crippen LogP contribution in [-0.2, 0) is 13.2 Å². The third-order valence-electron chi connectivity index (χ3n) is 4.94. The van der Waals surface area contributed by atoms with Crippen LogP contribution in [0.1, 0.15) is 11.1 Å². The molecule has 0 atom stereocenters. The number of hydrogen-bond acceptors (Lipinski definition) is 7. The summed E-state index contributed by atoms with van der Waals surface area (Å²) >= 11 is 17.3. The lowest BCUT2D eigenvalue weighted by molar-refractivity contribution is 0.282. The highest BCUT2D eigenvalue weighted by molar-refractivity contribution is 9.10. The van der Waals surface area contributed by atoms with E-state index < -0.39 is 0 Å². The fraction of sp³-hybridized carbons (Fsp3) is 0.208. The Morgan fingerprint density at radius 2 is 1.86 bits per heavy atom. The van der Waals surface area contributed by atoms with Crippen molar-refractivity contribution in [2.75, 3.05) is 19.4 Å². The molecule has 0 radical (unpaired) electrons. The van der Waals surface area contributed by atoms with E-state index in [9.17, 15) is 0 Å². The number of ether oxygens (including phenoxy) is 2. The number of nitrogens with one attached hydrogen (secondary N) is 1. The lowest BCUT2D eigenvalue weighted by Gasteiger charge is -2.15. The molecule has 0 bridgehead atoms. The molecule has 0 aliphatic carbocycles. The van der Waals surface area contributed by atoms with Gasteiger partial charge in [-0.25, -0.2) is 0 Å². The van der Waals surface area contributed by atoms with Gasteiger partial charge in [-0.1, -0.05) is 59.2 Å². The zero-order valence-electron chi connectivity index (χ0n) is 18.7. The van der Waals surface area contributed by atoms with Crippen LogP contribution in [0.15, 0.2) is 70.3 Å². The van der Waals surface area contributed by atoms with Gasteiger partial charge in [-0.3, -0.25) is 0 Å². The number of rotatable bonds is 11. The summed E-state index contributed by atoms with van der Waals surface area (Å²) in [6.07, 6.45) is 0. The van der Waals surface area contributed by atoms with E-state index in [2.05, 4.69) is 36.8 Å². The summed E-state index contributed by atoms with van der Waals surface area (Å²) in [5.41, 5.74) is 2.91. The quantitative estimate of drug-likeness (QED) is 0.164. The first kappa shape index (κ1) is 25.8. The number of benzene rings is 3. The van der Waals surface area contributed by atoms with Crippen LogP contribution in [0.3, 0.4) is 0 Å². The highest BCUT2D eigenvalue weighted by Crippen LogP contribution is 2.37. The molecule has 1 N–H and O–H groups in total. The minimum Gasteiger partial charge on any atom is -0.493 e. The molecule has 0 spiro atoms. The van der Waals surface area contributed by atoms with E-state index in [1.54, 1.807) is 35.7 Å². The highest BCUT2D eigenvalue weighted by Gasteiger charge is 2.13. The normalized spacial score (nSPS) is 11.0. The van der Waals surface area contributed by atoms with Crippen molar-refractivity contribution in [3.8, 4) is 17.2 Å². The van der Waals surface area contributed by atoms with Gasteiger partial charge in [-0.05, 0) is 73.9 Å². The predicted octanol–water partition coefficient (Wildman–Crippen LogP) is 6.20. The Bertz CT molecular complexity index is 1280. The minimum absolute atomic E-state index is 0.336. The molecular weight excluding hydrogens is 573 g/mol. The molecule has 1 heterocycles. The van der Waals surface area contributed by atoms with Gasteiger partial charge in [0, 0.05) is 18.8 Å². The van der Waals surface area contributed by atoms with Crippen molar-refractivity contribution in [2.24, 2.45) is 0 Å². The van der Waals surface area contributed by atoms with Gasteiger partial charge >= 0.3 is 0 Å². The summed E-state index contributed by atoms with van der Waals surface area (Å²) in [4.78, 5) is 0. The molecule has 0 fully saturated rings. The molecule has 0 saturated carbocycles. The van der Waals surface area contributed by atoms with Crippen molar-refractivity contribution in [1.29, 1.82) is 0 Å². The fourth-order valence-corrected chi connectivity index (χ4v) is 4.96. The largest absolute Gasteiger partial charge is 0.493 e. The molecule has 0 aliphatic rings. The van der Waals surface area contributed by atoms with Gasteiger partial charge in [0.05, 0.1) is 27.3 Å². The van der Waals surface area contributed by atoms with E-state index in [0.717, 1.165) is 38.7 Å². The second-order valence-corrected chi connectivity index (χ2v) is 10.1. The summed E-state index contributed by atoms with van der Waals surface area (Å²) in [7, 11) is 1.62. The van der Waals surface area contributed by atoms with E-state index in [1.165, 1.54) is 0 Å². The van der Waals surface area contributed by atoms with Gasteiger partial charge in [-0.15, -0.1) is 5.10 Å². The number of thioether (sulfide) groups is 1. The van der Waals surface area contributed by atoms with Gasteiger partial charge < -0.3 is 14.8 Å². The van der Waals surface area contributed by atoms with Crippen molar-refractivity contribution < 1.29 is 9.47 Å². The molecule has 182 valence electrons. The van der Waals surface area contributed by atoms with E-state index >= 15 is 0 Å². The van der Waals surface area contributed by atoms with Gasteiger partial charge in [0.2, 0.25) is 5.16 Å². The lowest BCUT2D eigenvalue weighted by atomic mass is 10.2. The second kappa shape index (κ2) is 12.6. The van der Waals surface area contributed by atoms with Crippen LogP contribution < -0.4 is 14.8 Å². The molecule has 7 nitrogen and oxygen atoms in total. The molecule has 0 aliphatic heterocycles. The summed E-state index contributed by atoms with van der Waals surface area (Å²) in [5.74, 6) is 2.09. The Labute approximate surface area is 226 Å². The van der Waals surface area contributed by atoms with Crippen LogP contribution in [0, 0.1) is 0 Å². The third-order valence-corrected chi connectivity index (χ3v) is 7.19. The van der Waals surface area contributed by atoms with Crippen molar-refractivity contribution in [3.05, 3.63) is 86.3 Å². The number of nitrogens with zero attached hydrogens (tertiary/aromatic N) is 4. The molecule has 0 amide bonds. The summed E-state index contributed by atoms with van der Waals surface area (Å²) in [6.45, 7) is 1.79. The maximum Gasteiger partial charge on any atom is 0.214 e. The molecule has 0 unspecified atom stereocenters. The van der Waals surface area contributed by atoms with Crippen LogP contribution in [-0.4, -0.2) is 39.6 Å². The molecule has 1 aromatic heterocycles. The Kier molecular flexibility index (Phi) is 9.28. The molecule has 11 heteroatoms. The Morgan fingerprint density at radius 3 is 2.63 bits per heavy atom. The van der Waals surface area contributed by atoms with Gasteiger partial charge in [-0.2, -0.15) is 4.68 Å². The average molecular weight is 595 g/mol. The smallest absolute Gasteiger partial charge is 0.214 e. The maximum atomic E-state index is 6.10. The second-order valence-electron chi connectivity index (χ2n) is 7.38. The number of hydrogen-bond donors (Lipinski definition) is 1. The zero-order chi connectivity index (χ0) is 24.6. The average Bonchev–Trinajstić information content (AvgIpc) is 3.34. The molecule has 35 heavy (non-hydrogen) atoms. The number of tetrazole rings is 1. The first-order valence-corrected chi connectivity index (χ1v) is 13.2. The standard InChI is InChI=1S/C24H22BrCl2N5O2S/c1-33-22-13-17(11-19(25)23(22)34-15-16-7-8-20(26)21(27)12-16)14-28-9-10-35-24-29-30-31-32(24)18-5-3-2-4-6-18/h2-8,11-13,28H,9-10,14-15H2,1H3. The van der Waals surface area contributed by atoms with Crippen molar-refractivity contribution in [2.45, 2.75) is 18.3 Å². The molecule has 3 aromatic carbocycles. The van der Waals surface area contributed by atoms with Gasteiger partial charge in [0.25, 0.3) is 0 Å². The predicted molar refractivity (Wildman–Crippen MR) is 143 cm³/mol. The number of aromatic nitrogens is 4. The first-order valence-electron chi connectivity index (χ1n) is 10.7. The van der Waals surface area contributed by atoms with Crippen molar-refractivity contribution in [3.63, 3.8) is 0 Å². The SMILES string of the molecule is COc1cc(CNCCSc2nnnn2-c2ccccc2)cc(Br)c1OCc1ccc(Cl)c(Cl)c1. The topological polar surface area (TPSA) is 74.1 Å². The summed E-state index contributed by atoms with van der Waals surface area (Å²) < 4.78 is 14.1. The first-order chi connectivity index (χ1) is 17.0. The Balaban J connectivity index is 1.29. The Morgan fingerprint density at radius 1 is 1.03 bits per heavy atom. The van der Waals surface area contributed by atoms with E-state index in [0.29, 0.717) is 34.7 Å². The molecular formula is C24H22BrCl2N5O2S. The number of methoxy groups -OCH3 is 1. The Hall–Kier alpha value is -2.30. The summed E-state index contributed by atoms with van der Waals surface area (Å²) in [6, 6.07) is 19.2. The fourth-order valence-electron chi connectivity index (χ4n) is 3.25. The van der Waals surface area contributed by atoms with Crippen LogP contribution >= 0.6 is 50.9 Å². The molecule has 4 rings (SSSR count).